The third-order valence-corrected chi connectivity index (χ3v) is 6.22. The summed E-state index contributed by atoms with van der Waals surface area (Å²) in [6.07, 6.45) is 1.23. The minimum atomic E-state index is -0.270. The molecular weight excluding hydrogens is 406 g/mol. The molecule has 32 heavy (non-hydrogen) atoms. The topological polar surface area (TPSA) is 70.2 Å². The van der Waals surface area contributed by atoms with Gasteiger partial charge >= 0.3 is 0 Å². The fourth-order valence-corrected chi connectivity index (χ4v) is 4.33. The van der Waals surface area contributed by atoms with E-state index < -0.39 is 0 Å². The smallest absolute Gasteiger partial charge is 0.263 e. The molecule has 2 aromatic rings. The van der Waals surface area contributed by atoms with Crippen molar-refractivity contribution in [2.45, 2.75) is 19.8 Å². The molecule has 0 saturated carbocycles. The zero-order valence-electron chi connectivity index (χ0n) is 18.7. The number of amides is 3. The van der Waals surface area contributed by atoms with E-state index in [9.17, 15) is 14.4 Å². The van der Waals surface area contributed by atoms with Gasteiger partial charge in [-0.25, -0.2) is 0 Å². The highest BCUT2D eigenvalue weighted by molar-refractivity contribution is 6.23. The lowest BCUT2D eigenvalue weighted by atomic mass is 10.1. The number of hydrogen-bond donors (Lipinski definition) is 0. The standard InChI is InChI=1S/C25H29N3O4/c1-18-6-8-19(9-7-18)10-11-22(29)27-14-12-26(13-15-27)21-5-3-4-20-23(21)25(31)28(24(20)30)16-17-32-2/h3-9H,10-17H2,1-2H3. The van der Waals surface area contributed by atoms with Gasteiger partial charge in [0.2, 0.25) is 5.91 Å². The van der Waals surface area contributed by atoms with Gasteiger partial charge in [-0.3, -0.25) is 19.3 Å². The number of anilines is 1. The lowest BCUT2D eigenvalue weighted by Gasteiger charge is -2.36. The highest BCUT2D eigenvalue weighted by Crippen LogP contribution is 2.32. The Morgan fingerprint density at radius 2 is 1.69 bits per heavy atom. The van der Waals surface area contributed by atoms with E-state index in [0.29, 0.717) is 50.3 Å². The number of methoxy groups -OCH3 is 1. The molecule has 0 unspecified atom stereocenters. The van der Waals surface area contributed by atoms with E-state index >= 15 is 0 Å². The maximum absolute atomic E-state index is 12.9. The maximum atomic E-state index is 12.9. The van der Waals surface area contributed by atoms with Gasteiger partial charge in [-0.2, -0.15) is 0 Å². The van der Waals surface area contributed by atoms with Crippen molar-refractivity contribution in [1.29, 1.82) is 0 Å². The van der Waals surface area contributed by atoms with E-state index in [2.05, 4.69) is 36.1 Å². The molecule has 0 spiro atoms. The van der Waals surface area contributed by atoms with Crippen LogP contribution in [0.1, 0.15) is 38.3 Å². The van der Waals surface area contributed by atoms with Crippen LogP contribution in [0.3, 0.4) is 0 Å². The molecule has 0 aliphatic carbocycles. The van der Waals surface area contributed by atoms with Crippen molar-refractivity contribution in [3.63, 3.8) is 0 Å². The Bertz CT molecular complexity index is 1010. The molecule has 2 aliphatic heterocycles. The zero-order chi connectivity index (χ0) is 22.7. The van der Waals surface area contributed by atoms with Crippen molar-refractivity contribution in [2.24, 2.45) is 0 Å². The summed E-state index contributed by atoms with van der Waals surface area (Å²) in [6.45, 7) is 5.07. The molecule has 0 bridgehead atoms. The van der Waals surface area contributed by atoms with Gasteiger partial charge in [0.05, 0.1) is 30.0 Å². The van der Waals surface area contributed by atoms with Crippen molar-refractivity contribution in [1.82, 2.24) is 9.80 Å². The van der Waals surface area contributed by atoms with Crippen molar-refractivity contribution >= 4 is 23.4 Å². The van der Waals surface area contributed by atoms with Gasteiger partial charge in [-0.1, -0.05) is 35.9 Å². The maximum Gasteiger partial charge on any atom is 0.263 e. The fourth-order valence-electron chi connectivity index (χ4n) is 4.33. The molecule has 2 aliphatic rings. The molecule has 7 heteroatoms. The predicted octanol–water partition coefficient (Wildman–Crippen LogP) is 2.52. The average molecular weight is 436 g/mol. The Hall–Kier alpha value is -3.19. The number of piperazine rings is 1. The fraction of sp³-hybridized carbons (Fsp3) is 0.400. The number of aryl methyl sites for hydroxylation is 2. The Balaban J connectivity index is 1.38. The first-order valence-corrected chi connectivity index (χ1v) is 11.1. The Kier molecular flexibility index (Phi) is 6.55. The minimum absolute atomic E-state index is 0.153. The Morgan fingerprint density at radius 1 is 0.969 bits per heavy atom. The Morgan fingerprint density at radius 3 is 2.38 bits per heavy atom. The van der Waals surface area contributed by atoms with Crippen molar-refractivity contribution in [3.8, 4) is 0 Å². The molecule has 7 nitrogen and oxygen atoms in total. The van der Waals surface area contributed by atoms with Crippen LogP contribution >= 0.6 is 0 Å². The number of carbonyl (C=O) groups is 3. The second-order valence-corrected chi connectivity index (χ2v) is 8.31. The van der Waals surface area contributed by atoms with E-state index in [-0.39, 0.29) is 24.3 Å². The first kappa shape index (κ1) is 22.0. The van der Waals surface area contributed by atoms with Crippen LogP contribution < -0.4 is 4.90 Å². The van der Waals surface area contributed by atoms with Crippen LogP contribution in [-0.2, 0) is 16.0 Å². The highest BCUT2D eigenvalue weighted by atomic mass is 16.5. The SMILES string of the molecule is COCCN1C(=O)c2cccc(N3CCN(C(=O)CCc4ccc(C)cc4)CC3)c2C1=O. The second kappa shape index (κ2) is 9.53. The molecule has 4 rings (SSSR count). The van der Waals surface area contributed by atoms with Crippen molar-refractivity contribution in [3.05, 3.63) is 64.7 Å². The van der Waals surface area contributed by atoms with E-state index in [0.717, 1.165) is 12.1 Å². The summed E-state index contributed by atoms with van der Waals surface area (Å²) in [5.41, 5.74) is 4.06. The summed E-state index contributed by atoms with van der Waals surface area (Å²) in [5.74, 6) is -0.386. The molecule has 0 aromatic heterocycles. The van der Waals surface area contributed by atoms with E-state index in [4.69, 9.17) is 4.74 Å². The number of hydrogen-bond acceptors (Lipinski definition) is 5. The molecule has 1 saturated heterocycles. The largest absolute Gasteiger partial charge is 0.383 e. The van der Waals surface area contributed by atoms with Crippen LogP contribution in [0, 0.1) is 6.92 Å². The minimum Gasteiger partial charge on any atom is -0.383 e. The molecule has 3 amide bonds. The van der Waals surface area contributed by atoms with Gasteiger partial charge < -0.3 is 14.5 Å². The predicted molar refractivity (Wildman–Crippen MR) is 122 cm³/mol. The summed E-state index contributed by atoms with van der Waals surface area (Å²) in [4.78, 5) is 43.6. The summed E-state index contributed by atoms with van der Waals surface area (Å²) in [7, 11) is 1.55. The van der Waals surface area contributed by atoms with Gasteiger partial charge in [0, 0.05) is 39.7 Å². The molecular formula is C25H29N3O4. The number of carbonyl (C=O) groups excluding carboxylic acids is 3. The van der Waals surface area contributed by atoms with Gasteiger partial charge in [-0.05, 0) is 31.0 Å². The lowest BCUT2D eigenvalue weighted by molar-refractivity contribution is -0.131. The van der Waals surface area contributed by atoms with Crippen molar-refractivity contribution < 1.29 is 19.1 Å². The molecule has 0 radical (unpaired) electrons. The molecule has 168 valence electrons. The second-order valence-electron chi connectivity index (χ2n) is 8.31. The molecule has 2 heterocycles. The summed E-state index contributed by atoms with van der Waals surface area (Å²) in [5, 5.41) is 0. The van der Waals surface area contributed by atoms with Crippen LogP contribution in [0.25, 0.3) is 0 Å². The van der Waals surface area contributed by atoms with Gasteiger partial charge in [0.1, 0.15) is 0 Å². The first-order chi connectivity index (χ1) is 15.5. The highest BCUT2D eigenvalue weighted by Gasteiger charge is 2.38. The van der Waals surface area contributed by atoms with Gasteiger partial charge in [-0.15, -0.1) is 0 Å². The van der Waals surface area contributed by atoms with Gasteiger partial charge in [0.15, 0.2) is 0 Å². The van der Waals surface area contributed by atoms with Gasteiger partial charge in [0.25, 0.3) is 11.8 Å². The van der Waals surface area contributed by atoms with Crippen molar-refractivity contribution in [2.75, 3.05) is 51.3 Å². The molecule has 0 atom stereocenters. The summed E-state index contributed by atoms with van der Waals surface area (Å²) >= 11 is 0. The van der Waals surface area contributed by atoms with E-state index in [1.165, 1.54) is 16.0 Å². The van der Waals surface area contributed by atoms with E-state index in [1.807, 2.05) is 17.0 Å². The molecule has 2 aromatic carbocycles. The third-order valence-electron chi connectivity index (χ3n) is 6.22. The molecule has 1 fully saturated rings. The number of benzene rings is 2. The van der Waals surface area contributed by atoms with Crippen LogP contribution in [0.2, 0.25) is 0 Å². The van der Waals surface area contributed by atoms with Crippen LogP contribution in [0.4, 0.5) is 5.69 Å². The van der Waals surface area contributed by atoms with E-state index in [1.54, 1.807) is 13.2 Å². The number of imide groups is 1. The third kappa shape index (κ3) is 4.39. The summed E-state index contributed by atoms with van der Waals surface area (Å²) in [6, 6.07) is 13.7. The Labute approximate surface area is 188 Å². The normalized spacial score (nSPS) is 16.0. The van der Waals surface area contributed by atoms with Crippen LogP contribution in [-0.4, -0.2) is 74.0 Å². The van der Waals surface area contributed by atoms with Crippen LogP contribution in [0.15, 0.2) is 42.5 Å². The number of fused-ring (bicyclic) bond motifs is 1. The number of ether oxygens (including phenoxy) is 1. The first-order valence-electron chi connectivity index (χ1n) is 11.1. The average Bonchev–Trinajstić information content (AvgIpc) is 3.07. The number of nitrogens with zero attached hydrogens (tertiary/aromatic N) is 3. The quantitative estimate of drug-likeness (QED) is 0.625. The van der Waals surface area contributed by atoms with Crippen LogP contribution in [0.5, 0.6) is 0 Å². The summed E-state index contributed by atoms with van der Waals surface area (Å²) < 4.78 is 5.04. The monoisotopic (exact) mass is 435 g/mol. The zero-order valence-corrected chi connectivity index (χ0v) is 18.7. The number of rotatable bonds is 7. The molecule has 0 N–H and O–H groups in total. The lowest BCUT2D eigenvalue weighted by Crippen LogP contribution is -2.49.